The Hall–Kier alpha value is 0.719. The second-order valence-electron chi connectivity index (χ2n) is 9.47. The van der Waals surface area contributed by atoms with Crippen molar-refractivity contribution in [3.8, 4) is 0 Å². The number of rotatable bonds is 22. The zero-order chi connectivity index (χ0) is 20.9. The van der Waals surface area contributed by atoms with Gasteiger partial charge in [-0.3, -0.25) is 0 Å². The minimum atomic E-state index is -2.63. The summed E-state index contributed by atoms with van der Waals surface area (Å²) in [6, 6.07) is 0. The van der Waals surface area contributed by atoms with E-state index in [0.717, 1.165) is 13.2 Å². The van der Waals surface area contributed by atoms with E-state index in [4.69, 9.17) is 6.15 Å². The predicted octanol–water partition coefficient (Wildman–Crippen LogP) is 9.32. The van der Waals surface area contributed by atoms with Gasteiger partial charge in [0.05, 0.1) is 0 Å². The Balaban J connectivity index is 1.95. The molecule has 0 radical (unpaired) electrons. The van der Waals surface area contributed by atoms with E-state index >= 15 is 0 Å². The zero-order valence-corrected chi connectivity index (χ0v) is 23.1. The molecule has 0 aliphatic carbocycles. The fourth-order valence-electron chi connectivity index (χ4n) is 4.67. The van der Waals surface area contributed by atoms with Crippen LogP contribution < -0.4 is 0 Å². The van der Waals surface area contributed by atoms with Crippen molar-refractivity contribution in [3.63, 3.8) is 0 Å². The average Bonchev–Trinajstić information content (AvgIpc) is 3.20. The summed E-state index contributed by atoms with van der Waals surface area (Å²) >= 11 is -2.63. The summed E-state index contributed by atoms with van der Waals surface area (Å²) in [5.41, 5.74) is 0. The van der Waals surface area contributed by atoms with Crippen LogP contribution in [-0.2, 0) is 6.15 Å². The van der Waals surface area contributed by atoms with Crippen molar-refractivity contribution < 1.29 is 6.15 Å². The van der Waals surface area contributed by atoms with Crippen molar-refractivity contribution in [2.24, 2.45) is 0 Å². The van der Waals surface area contributed by atoms with Crippen LogP contribution in [-0.4, -0.2) is 32.4 Å². The van der Waals surface area contributed by atoms with Crippen LogP contribution in [0.3, 0.4) is 0 Å². The van der Waals surface area contributed by atoms with Gasteiger partial charge in [0, 0.05) is 0 Å². The molecule has 0 atom stereocenters. The van der Waals surface area contributed by atoms with Gasteiger partial charge in [-0.05, 0) is 0 Å². The van der Waals surface area contributed by atoms with Crippen LogP contribution in [0, 0.1) is 0 Å². The molecule has 1 heterocycles. The molecule has 29 heavy (non-hydrogen) atoms. The maximum atomic E-state index is 6.29. The van der Waals surface area contributed by atoms with Crippen LogP contribution in [0.25, 0.3) is 0 Å². The van der Waals surface area contributed by atoms with Crippen molar-refractivity contribution in [2.45, 2.75) is 151 Å². The normalized spacial score (nSPS) is 15.9. The van der Waals surface area contributed by atoms with E-state index in [0.29, 0.717) is 0 Å². The van der Waals surface area contributed by atoms with Gasteiger partial charge in [-0.25, -0.2) is 0 Å². The molecule has 0 unspecified atom stereocenters. The predicted molar refractivity (Wildman–Crippen MR) is 131 cm³/mol. The summed E-state index contributed by atoms with van der Waals surface area (Å²) < 4.78 is 15.2. The standard InChI is InChI=1S/2C12H25.C2H4O2.Sn/c2*1-3-5-7-9-11-12-10-8-6-4-2;3-1-2-4;/h2*1,3-12H2,2H3;1-2H2;/q;;-2;+2. The van der Waals surface area contributed by atoms with Gasteiger partial charge in [-0.15, -0.1) is 0 Å². The molecule has 0 saturated carbocycles. The van der Waals surface area contributed by atoms with Gasteiger partial charge in [0.2, 0.25) is 0 Å². The Morgan fingerprint density at radius 2 is 0.690 bits per heavy atom. The molecule has 1 saturated heterocycles. The first-order chi connectivity index (χ1) is 14.3. The van der Waals surface area contributed by atoms with Gasteiger partial charge in [-0.2, -0.15) is 0 Å². The summed E-state index contributed by atoms with van der Waals surface area (Å²) in [5.74, 6) is 0. The summed E-state index contributed by atoms with van der Waals surface area (Å²) in [6.07, 6.45) is 28.4. The summed E-state index contributed by atoms with van der Waals surface area (Å²) in [7, 11) is 0. The third-order valence-electron chi connectivity index (χ3n) is 6.64. The quantitative estimate of drug-likeness (QED) is 0.105. The van der Waals surface area contributed by atoms with E-state index in [9.17, 15) is 0 Å². The molecule has 0 aromatic heterocycles. The molecule has 174 valence electrons. The molecule has 3 heteroatoms. The Bertz CT molecular complexity index is 303. The van der Waals surface area contributed by atoms with E-state index in [1.807, 2.05) is 0 Å². The van der Waals surface area contributed by atoms with Crippen LogP contribution in [0.2, 0.25) is 8.87 Å². The third-order valence-corrected chi connectivity index (χ3v) is 17.2. The van der Waals surface area contributed by atoms with E-state index in [1.165, 1.54) is 137 Å². The Morgan fingerprint density at radius 1 is 0.414 bits per heavy atom. The van der Waals surface area contributed by atoms with Gasteiger partial charge in [0.1, 0.15) is 0 Å². The monoisotopic (exact) mass is 518 g/mol. The Morgan fingerprint density at radius 3 is 1.00 bits per heavy atom. The molecule has 1 fully saturated rings. The number of hydrogen-bond acceptors (Lipinski definition) is 2. The average molecular weight is 517 g/mol. The SMILES string of the molecule is CCCCCCCCCCC[CH2][Sn]1([CH2]CCCCCCCCCCC)[O]CC[O]1. The van der Waals surface area contributed by atoms with Crippen molar-refractivity contribution in [3.05, 3.63) is 0 Å². The van der Waals surface area contributed by atoms with Crippen LogP contribution >= 0.6 is 0 Å². The molecule has 2 nitrogen and oxygen atoms in total. The Labute approximate surface area is 189 Å². The van der Waals surface area contributed by atoms with E-state index in [-0.39, 0.29) is 0 Å². The molecule has 0 aromatic rings. The van der Waals surface area contributed by atoms with Crippen LogP contribution in [0.1, 0.15) is 142 Å². The van der Waals surface area contributed by atoms with Crippen molar-refractivity contribution in [1.82, 2.24) is 0 Å². The molecular weight excluding hydrogens is 463 g/mol. The number of hydrogen-bond donors (Lipinski definition) is 0. The molecule has 0 bridgehead atoms. The van der Waals surface area contributed by atoms with Gasteiger partial charge < -0.3 is 0 Å². The van der Waals surface area contributed by atoms with E-state index < -0.39 is 19.2 Å². The van der Waals surface area contributed by atoms with Crippen LogP contribution in [0.4, 0.5) is 0 Å². The summed E-state index contributed by atoms with van der Waals surface area (Å²) in [6.45, 7) is 6.38. The maximum absolute atomic E-state index is 6.29. The molecule has 0 N–H and O–H groups in total. The van der Waals surface area contributed by atoms with Crippen molar-refractivity contribution in [1.29, 1.82) is 0 Å². The third kappa shape index (κ3) is 16.1. The van der Waals surface area contributed by atoms with Crippen molar-refractivity contribution in [2.75, 3.05) is 13.2 Å². The van der Waals surface area contributed by atoms with Gasteiger partial charge in [0.25, 0.3) is 0 Å². The molecule has 1 aliphatic rings. The van der Waals surface area contributed by atoms with Gasteiger partial charge >= 0.3 is 190 Å². The molecular formula is C26H54O2Sn. The first-order valence-corrected chi connectivity index (χ1v) is 20.0. The fraction of sp³-hybridized carbons (Fsp3) is 1.00. The molecule has 0 spiro atoms. The zero-order valence-electron chi connectivity index (χ0n) is 20.3. The van der Waals surface area contributed by atoms with E-state index in [2.05, 4.69) is 13.8 Å². The first-order valence-electron chi connectivity index (χ1n) is 13.6. The Kier molecular flexibility index (Phi) is 19.7. The van der Waals surface area contributed by atoms with Crippen LogP contribution in [0.5, 0.6) is 0 Å². The first kappa shape index (κ1) is 27.8. The second-order valence-corrected chi connectivity index (χ2v) is 19.2. The molecule has 0 aromatic carbocycles. The molecule has 1 aliphatic heterocycles. The minimum absolute atomic E-state index is 0.894. The van der Waals surface area contributed by atoms with Crippen LogP contribution in [0.15, 0.2) is 0 Å². The number of unbranched alkanes of at least 4 members (excludes halogenated alkanes) is 18. The topological polar surface area (TPSA) is 18.5 Å². The molecule has 0 amide bonds. The van der Waals surface area contributed by atoms with Gasteiger partial charge in [-0.1, -0.05) is 0 Å². The van der Waals surface area contributed by atoms with E-state index in [1.54, 1.807) is 0 Å². The summed E-state index contributed by atoms with van der Waals surface area (Å²) in [4.78, 5) is 0. The van der Waals surface area contributed by atoms with Gasteiger partial charge in [0.15, 0.2) is 0 Å². The fourth-order valence-corrected chi connectivity index (χ4v) is 14.4. The second kappa shape index (κ2) is 20.6. The van der Waals surface area contributed by atoms with Crippen molar-refractivity contribution >= 4 is 19.2 Å². The summed E-state index contributed by atoms with van der Waals surface area (Å²) in [5, 5.41) is 0. The molecule has 1 rings (SSSR count).